The number of rotatable bonds is 6. The maximum absolute atomic E-state index is 12.3. The lowest BCUT2D eigenvalue weighted by Gasteiger charge is -2.24. The van der Waals surface area contributed by atoms with E-state index in [1.54, 1.807) is 31.4 Å². The second kappa shape index (κ2) is 8.57. The van der Waals surface area contributed by atoms with Crippen LogP contribution in [0.3, 0.4) is 0 Å². The molecule has 1 aliphatic carbocycles. The number of carbonyl (C=O) groups is 2. The number of aliphatic hydroxyl groups excluding tert-OH is 1. The molecule has 2 fully saturated rings. The topological polar surface area (TPSA) is 82.1 Å². The van der Waals surface area contributed by atoms with Gasteiger partial charge >= 0.3 is 11.9 Å². The fourth-order valence-electron chi connectivity index (χ4n) is 3.65. The van der Waals surface area contributed by atoms with E-state index in [0.717, 1.165) is 12.8 Å². The quantitative estimate of drug-likeness (QED) is 0.609. The summed E-state index contributed by atoms with van der Waals surface area (Å²) in [6, 6.07) is 6.53. The van der Waals surface area contributed by atoms with Crippen LogP contribution in [-0.4, -0.2) is 43.0 Å². The highest BCUT2D eigenvalue weighted by molar-refractivity contribution is 5.92. The third kappa shape index (κ3) is 4.69. The van der Waals surface area contributed by atoms with E-state index < -0.39 is 24.1 Å². The Morgan fingerprint density at radius 2 is 1.96 bits per heavy atom. The molecule has 2 aliphatic rings. The molecule has 0 aromatic heterocycles. The van der Waals surface area contributed by atoms with Crippen molar-refractivity contribution in [3.05, 3.63) is 41.5 Å². The molecule has 0 spiro atoms. The van der Waals surface area contributed by atoms with Gasteiger partial charge < -0.3 is 19.3 Å². The lowest BCUT2D eigenvalue weighted by molar-refractivity contribution is -0.154. The van der Waals surface area contributed by atoms with Gasteiger partial charge in [0.15, 0.2) is 5.60 Å². The van der Waals surface area contributed by atoms with Crippen molar-refractivity contribution in [2.45, 2.75) is 44.1 Å². The summed E-state index contributed by atoms with van der Waals surface area (Å²) in [7, 11) is 1.55. The van der Waals surface area contributed by atoms with Gasteiger partial charge in [0.1, 0.15) is 12.4 Å². The number of esters is 2. The summed E-state index contributed by atoms with van der Waals surface area (Å²) < 4.78 is 15.8. The number of cyclic esters (lactones) is 1. The predicted octanol–water partition coefficient (Wildman–Crippen LogP) is 3.04. The van der Waals surface area contributed by atoms with Crippen molar-refractivity contribution in [2.24, 2.45) is 5.92 Å². The van der Waals surface area contributed by atoms with Gasteiger partial charge in [-0.05, 0) is 43.0 Å². The molecule has 27 heavy (non-hydrogen) atoms. The van der Waals surface area contributed by atoms with E-state index in [2.05, 4.69) is 0 Å². The van der Waals surface area contributed by atoms with Gasteiger partial charge in [-0.1, -0.05) is 25.3 Å². The van der Waals surface area contributed by atoms with E-state index in [4.69, 9.17) is 14.2 Å². The molecule has 1 saturated heterocycles. The Labute approximate surface area is 159 Å². The van der Waals surface area contributed by atoms with Gasteiger partial charge in [0.25, 0.3) is 0 Å². The lowest BCUT2D eigenvalue weighted by Crippen LogP contribution is -2.39. The Morgan fingerprint density at radius 3 is 2.59 bits per heavy atom. The number of allylic oxidation sites excluding steroid dienone is 1. The van der Waals surface area contributed by atoms with Crippen LogP contribution >= 0.6 is 0 Å². The molecule has 1 unspecified atom stereocenters. The second-order valence-corrected chi connectivity index (χ2v) is 7.30. The standard InChI is InChI=1S/C21H26O6/c1-25-18-9-7-16(8-10-18)19(23)26-14-21(13-22)12-17(20(24)27-21)11-15-5-3-2-4-6-15/h7-11,15,22H,2-6,12-14H2,1H3/b17-11-. The van der Waals surface area contributed by atoms with Gasteiger partial charge in [-0.25, -0.2) is 9.59 Å². The van der Waals surface area contributed by atoms with Crippen LogP contribution in [0.15, 0.2) is 35.9 Å². The van der Waals surface area contributed by atoms with Crippen LogP contribution in [-0.2, 0) is 14.3 Å². The Kier molecular flexibility index (Phi) is 6.16. The summed E-state index contributed by atoms with van der Waals surface area (Å²) in [5, 5.41) is 9.80. The second-order valence-electron chi connectivity index (χ2n) is 7.30. The van der Waals surface area contributed by atoms with Crippen LogP contribution in [0.4, 0.5) is 0 Å². The number of benzene rings is 1. The van der Waals surface area contributed by atoms with Gasteiger partial charge in [-0.2, -0.15) is 0 Å². The summed E-state index contributed by atoms with van der Waals surface area (Å²) in [5.41, 5.74) is -0.248. The minimum Gasteiger partial charge on any atom is -0.497 e. The first kappa shape index (κ1) is 19.4. The van der Waals surface area contributed by atoms with Crippen molar-refractivity contribution in [2.75, 3.05) is 20.3 Å². The molecule has 1 N–H and O–H groups in total. The molecule has 0 bridgehead atoms. The minimum atomic E-state index is -1.19. The average Bonchev–Trinajstić information content (AvgIpc) is 3.03. The van der Waals surface area contributed by atoms with Crippen LogP contribution in [0.1, 0.15) is 48.9 Å². The van der Waals surface area contributed by atoms with E-state index in [1.807, 2.05) is 6.08 Å². The Morgan fingerprint density at radius 1 is 1.26 bits per heavy atom. The van der Waals surface area contributed by atoms with Crippen molar-refractivity contribution >= 4 is 11.9 Å². The SMILES string of the molecule is COc1ccc(C(=O)OCC2(CO)C/C(=C/C3CCCCC3)C(=O)O2)cc1. The molecule has 1 aromatic carbocycles. The number of hydrogen-bond donors (Lipinski definition) is 1. The fourth-order valence-corrected chi connectivity index (χ4v) is 3.65. The van der Waals surface area contributed by atoms with Gasteiger partial charge in [0.2, 0.25) is 0 Å². The molecule has 6 heteroatoms. The summed E-state index contributed by atoms with van der Waals surface area (Å²) in [6.07, 6.45) is 8.00. The Bertz CT molecular complexity index is 702. The monoisotopic (exact) mass is 374 g/mol. The summed E-state index contributed by atoms with van der Waals surface area (Å²) in [6.45, 7) is -0.571. The molecule has 1 aliphatic heterocycles. The zero-order valence-corrected chi connectivity index (χ0v) is 15.6. The normalized spacial score (nSPS) is 24.7. The largest absolute Gasteiger partial charge is 0.497 e. The van der Waals surface area contributed by atoms with Crippen LogP contribution < -0.4 is 4.74 Å². The van der Waals surface area contributed by atoms with E-state index in [0.29, 0.717) is 22.8 Å². The van der Waals surface area contributed by atoms with E-state index in [-0.39, 0.29) is 13.0 Å². The van der Waals surface area contributed by atoms with Crippen molar-refractivity contribution in [1.29, 1.82) is 0 Å². The molecule has 0 amide bonds. The third-order valence-corrected chi connectivity index (χ3v) is 5.25. The van der Waals surface area contributed by atoms with Gasteiger partial charge in [0, 0.05) is 12.0 Å². The Hall–Kier alpha value is -2.34. The number of carbonyl (C=O) groups excluding carboxylic acids is 2. The zero-order valence-electron chi connectivity index (χ0n) is 15.6. The zero-order chi connectivity index (χ0) is 19.3. The first-order valence-corrected chi connectivity index (χ1v) is 9.41. The fraction of sp³-hybridized carbons (Fsp3) is 0.524. The molecule has 3 rings (SSSR count). The smallest absolute Gasteiger partial charge is 0.338 e. The summed E-state index contributed by atoms with van der Waals surface area (Å²) in [5.74, 6) is 0.0691. The van der Waals surface area contributed by atoms with Gasteiger partial charge in [-0.15, -0.1) is 0 Å². The molecule has 1 atom stereocenters. The molecule has 0 radical (unpaired) electrons. The van der Waals surface area contributed by atoms with Crippen molar-refractivity contribution in [1.82, 2.24) is 0 Å². The number of ether oxygens (including phenoxy) is 3. The minimum absolute atomic E-state index is 0.178. The molecule has 6 nitrogen and oxygen atoms in total. The average molecular weight is 374 g/mol. The molecule has 1 heterocycles. The van der Waals surface area contributed by atoms with E-state index >= 15 is 0 Å². The number of aliphatic hydroxyl groups is 1. The molecular formula is C21H26O6. The number of hydrogen-bond acceptors (Lipinski definition) is 6. The predicted molar refractivity (Wildman–Crippen MR) is 98.5 cm³/mol. The molecular weight excluding hydrogens is 348 g/mol. The van der Waals surface area contributed by atoms with Crippen LogP contribution in [0.5, 0.6) is 5.75 Å². The van der Waals surface area contributed by atoms with Crippen molar-refractivity contribution < 1.29 is 28.9 Å². The van der Waals surface area contributed by atoms with E-state index in [1.165, 1.54) is 19.3 Å². The molecule has 146 valence electrons. The highest BCUT2D eigenvalue weighted by Gasteiger charge is 2.44. The van der Waals surface area contributed by atoms with E-state index in [9.17, 15) is 14.7 Å². The van der Waals surface area contributed by atoms with Crippen molar-refractivity contribution in [3.8, 4) is 5.75 Å². The maximum atomic E-state index is 12.3. The first-order valence-electron chi connectivity index (χ1n) is 9.41. The molecule has 1 saturated carbocycles. The summed E-state index contributed by atoms with van der Waals surface area (Å²) >= 11 is 0. The highest BCUT2D eigenvalue weighted by atomic mass is 16.6. The van der Waals surface area contributed by atoms with Crippen LogP contribution in [0.2, 0.25) is 0 Å². The summed E-state index contributed by atoms with van der Waals surface area (Å²) in [4.78, 5) is 24.5. The van der Waals surface area contributed by atoms with Gasteiger partial charge in [-0.3, -0.25) is 0 Å². The van der Waals surface area contributed by atoms with Crippen LogP contribution in [0, 0.1) is 5.92 Å². The first-order chi connectivity index (χ1) is 13.0. The lowest BCUT2D eigenvalue weighted by atomic mass is 9.86. The van der Waals surface area contributed by atoms with Gasteiger partial charge in [0.05, 0.1) is 19.3 Å². The van der Waals surface area contributed by atoms with Crippen molar-refractivity contribution in [3.63, 3.8) is 0 Å². The van der Waals surface area contributed by atoms with Crippen LogP contribution in [0.25, 0.3) is 0 Å². The third-order valence-electron chi connectivity index (χ3n) is 5.25. The number of methoxy groups -OCH3 is 1. The highest BCUT2D eigenvalue weighted by Crippen LogP contribution is 2.34. The maximum Gasteiger partial charge on any atom is 0.338 e. The Balaban J connectivity index is 1.62. The molecule has 1 aromatic rings.